The van der Waals surface area contributed by atoms with Crippen molar-refractivity contribution < 1.29 is 22.7 Å². The number of methoxy groups -OCH3 is 1. The van der Waals surface area contributed by atoms with Gasteiger partial charge in [0, 0.05) is 24.7 Å². The van der Waals surface area contributed by atoms with Crippen molar-refractivity contribution in [3.05, 3.63) is 48.5 Å². The molecular formula is C23H30N2O5S. The summed E-state index contributed by atoms with van der Waals surface area (Å²) in [4.78, 5) is 12.3. The van der Waals surface area contributed by atoms with Crippen LogP contribution in [0.3, 0.4) is 0 Å². The summed E-state index contributed by atoms with van der Waals surface area (Å²) in [6.45, 7) is 0.202. The van der Waals surface area contributed by atoms with Crippen molar-refractivity contribution in [1.29, 1.82) is 0 Å². The first-order valence-corrected chi connectivity index (χ1v) is 12.4. The first kappa shape index (κ1) is 22.9. The molecule has 0 unspecified atom stereocenters. The minimum Gasteiger partial charge on any atom is -0.497 e. The van der Waals surface area contributed by atoms with Crippen molar-refractivity contribution in [2.75, 3.05) is 29.5 Å². The number of anilines is 2. The van der Waals surface area contributed by atoms with Crippen LogP contribution in [0.15, 0.2) is 48.5 Å². The van der Waals surface area contributed by atoms with Crippen LogP contribution in [-0.2, 0) is 14.8 Å². The van der Waals surface area contributed by atoms with Crippen molar-refractivity contribution >= 4 is 27.3 Å². The van der Waals surface area contributed by atoms with Gasteiger partial charge < -0.3 is 14.8 Å². The smallest absolute Gasteiger partial charge is 0.232 e. The quantitative estimate of drug-likeness (QED) is 0.591. The number of rotatable bonds is 10. The van der Waals surface area contributed by atoms with Crippen molar-refractivity contribution in [2.45, 2.75) is 44.6 Å². The topological polar surface area (TPSA) is 84.9 Å². The highest BCUT2D eigenvalue weighted by Crippen LogP contribution is 2.25. The summed E-state index contributed by atoms with van der Waals surface area (Å²) in [5, 5.41) is 2.85. The average Bonchev–Trinajstić information content (AvgIpc) is 3.25. The van der Waals surface area contributed by atoms with E-state index in [2.05, 4.69) is 5.32 Å². The Kier molecular flexibility index (Phi) is 7.79. The number of sulfonamides is 1. The molecule has 1 aliphatic carbocycles. The largest absolute Gasteiger partial charge is 0.497 e. The summed E-state index contributed by atoms with van der Waals surface area (Å²) >= 11 is 0. The minimum absolute atomic E-state index is 0.163. The Labute approximate surface area is 184 Å². The molecule has 168 valence electrons. The Morgan fingerprint density at radius 3 is 2.45 bits per heavy atom. The highest BCUT2D eigenvalue weighted by atomic mass is 32.2. The second kappa shape index (κ2) is 10.5. The van der Waals surface area contributed by atoms with Gasteiger partial charge in [-0.2, -0.15) is 0 Å². The normalized spacial score (nSPS) is 14.3. The van der Waals surface area contributed by atoms with Crippen molar-refractivity contribution in [1.82, 2.24) is 0 Å². The van der Waals surface area contributed by atoms with E-state index in [1.165, 1.54) is 24.3 Å². The zero-order valence-electron chi connectivity index (χ0n) is 18.0. The van der Waals surface area contributed by atoms with Gasteiger partial charge in [0.15, 0.2) is 0 Å². The molecule has 7 nitrogen and oxygen atoms in total. The third-order valence-corrected chi connectivity index (χ3v) is 6.44. The Hall–Kier alpha value is -2.74. The third kappa shape index (κ3) is 6.89. The van der Waals surface area contributed by atoms with Gasteiger partial charge in [0.2, 0.25) is 15.9 Å². The maximum absolute atomic E-state index is 12.3. The molecule has 0 bridgehead atoms. The van der Waals surface area contributed by atoms with Gasteiger partial charge in [-0.25, -0.2) is 8.42 Å². The van der Waals surface area contributed by atoms with Crippen LogP contribution in [0.5, 0.6) is 11.5 Å². The number of ether oxygens (including phenoxy) is 2. The first-order chi connectivity index (χ1) is 14.8. The van der Waals surface area contributed by atoms with Gasteiger partial charge in [-0.05, 0) is 68.5 Å². The fraction of sp³-hybridized carbons (Fsp3) is 0.435. The fourth-order valence-corrected chi connectivity index (χ4v) is 4.63. The van der Waals surface area contributed by atoms with Crippen molar-refractivity contribution in [3.63, 3.8) is 0 Å². The number of carbonyl (C=O) groups excluding carboxylic acids is 1. The van der Waals surface area contributed by atoms with Crippen LogP contribution in [0.2, 0.25) is 0 Å². The van der Waals surface area contributed by atoms with E-state index >= 15 is 0 Å². The average molecular weight is 447 g/mol. The predicted octanol–water partition coefficient (Wildman–Crippen LogP) is 4.20. The van der Waals surface area contributed by atoms with Crippen molar-refractivity contribution in [2.24, 2.45) is 0 Å². The molecule has 0 aromatic heterocycles. The van der Waals surface area contributed by atoms with Crippen LogP contribution in [0.25, 0.3) is 0 Å². The van der Waals surface area contributed by atoms with Gasteiger partial charge in [-0.1, -0.05) is 6.07 Å². The Balaban J connectivity index is 1.50. The van der Waals surface area contributed by atoms with Crippen LogP contribution >= 0.6 is 0 Å². The summed E-state index contributed by atoms with van der Waals surface area (Å²) in [6.07, 6.45) is 6.66. The van der Waals surface area contributed by atoms with Gasteiger partial charge in [-0.3, -0.25) is 9.10 Å². The first-order valence-electron chi connectivity index (χ1n) is 10.5. The summed E-state index contributed by atoms with van der Waals surface area (Å²) < 4.78 is 36.9. The maximum atomic E-state index is 12.3. The summed E-state index contributed by atoms with van der Waals surface area (Å²) in [5.74, 6) is 1.22. The molecular weight excluding hydrogens is 416 g/mol. The van der Waals surface area contributed by atoms with Gasteiger partial charge in [0.1, 0.15) is 11.5 Å². The number of nitrogens with zero attached hydrogens (tertiary/aromatic N) is 1. The Morgan fingerprint density at radius 2 is 1.81 bits per heavy atom. The summed E-state index contributed by atoms with van der Waals surface area (Å²) in [6, 6.07) is 14.2. The number of amides is 1. The van der Waals surface area contributed by atoms with E-state index < -0.39 is 10.0 Å². The van der Waals surface area contributed by atoms with Crippen LogP contribution in [-0.4, -0.2) is 40.3 Å². The Morgan fingerprint density at radius 1 is 1.10 bits per heavy atom. The second-order valence-corrected chi connectivity index (χ2v) is 9.64. The maximum Gasteiger partial charge on any atom is 0.232 e. The van der Waals surface area contributed by atoms with E-state index in [-0.39, 0.29) is 18.9 Å². The number of nitrogens with one attached hydrogen (secondary N) is 1. The third-order valence-electron chi connectivity index (χ3n) is 5.25. The summed E-state index contributed by atoms with van der Waals surface area (Å²) in [7, 11) is -1.95. The molecule has 2 aromatic carbocycles. The number of carbonyl (C=O) groups is 1. The van der Waals surface area contributed by atoms with Crippen LogP contribution < -0.4 is 19.1 Å². The molecule has 0 spiro atoms. The number of hydrogen-bond donors (Lipinski definition) is 1. The zero-order chi connectivity index (χ0) is 22.3. The van der Waals surface area contributed by atoms with Crippen LogP contribution in [0.1, 0.15) is 38.5 Å². The van der Waals surface area contributed by atoms with E-state index in [4.69, 9.17) is 9.47 Å². The summed E-state index contributed by atoms with van der Waals surface area (Å²) in [5.41, 5.74) is 1.21. The lowest BCUT2D eigenvalue weighted by Gasteiger charge is -2.22. The standard InChI is InChI=1S/C23H30N2O5S/c1-29-22-10-5-7-19(17-22)25(31(2,27)28)16-6-11-23(26)24-18-12-14-21(15-13-18)30-20-8-3-4-9-20/h5,7,10,12-15,17,20H,3-4,6,8-9,11,16H2,1-2H3,(H,24,26). The molecule has 31 heavy (non-hydrogen) atoms. The molecule has 1 saturated carbocycles. The predicted molar refractivity (Wildman–Crippen MR) is 122 cm³/mol. The van der Waals surface area contributed by atoms with Gasteiger partial charge in [-0.15, -0.1) is 0 Å². The molecule has 8 heteroatoms. The van der Waals surface area contributed by atoms with Gasteiger partial charge in [0.25, 0.3) is 0 Å². The minimum atomic E-state index is -3.48. The lowest BCUT2D eigenvalue weighted by atomic mass is 10.2. The number of hydrogen-bond acceptors (Lipinski definition) is 5. The molecule has 1 fully saturated rings. The molecule has 0 radical (unpaired) electrons. The van der Waals surface area contributed by atoms with E-state index in [1.54, 1.807) is 24.3 Å². The van der Waals surface area contributed by atoms with E-state index in [1.807, 2.05) is 24.3 Å². The molecule has 1 aliphatic rings. The molecule has 2 aromatic rings. The molecule has 0 heterocycles. The molecule has 0 aliphatic heterocycles. The Bertz CT molecular complexity index is 970. The van der Waals surface area contributed by atoms with E-state index in [0.717, 1.165) is 24.8 Å². The highest BCUT2D eigenvalue weighted by molar-refractivity contribution is 7.92. The molecule has 0 saturated heterocycles. The highest BCUT2D eigenvalue weighted by Gasteiger charge is 2.19. The SMILES string of the molecule is COc1cccc(N(CCCC(=O)Nc2ccc(OC3CCCC3)cc2)S(C)(=O)=O)c1. The van der Waals surface area contributed by atoms with Crippen LogP contribution in [0, 0.1) is 0 Å². The van der Waals surface area contributed by atoms with Crippen LogP contribution in [0.4, 0.5) is 11.4 Å². The lowest BCUT2D eigenvalue weighted by molar-refractivity contribution is -0.116. The molecule has 1 amide bonds. The van der Waals surface area contributed by atoms with Gasteiger partial charge in [0.05, 0.1) is 25.2 Å². The monoisotopic (exact) mass is 446 g/mol. The molecule has 3 rings (SSSR count). The second-order valence-electron chi connectivity index (χ2n) is 7.74. The zero-order valence-corrected chi connectivity index (χ0v) is 18.9. The molecule has 1 N–H and O–H groups in total. The van der Waals surface area contributed by atoms with Gasteiger partial charge >= 0.3 is 0 Å². The molecule has 0 atom stereocenters. The van der Waals surface area contributed by atoms with Crippen molar-refractivity contribution in [3.8, 4) is 11.5 Å². The van der Waals surface area contributed by atoms with E-state index in [0.29, 0.717) is 29.6 Å². The number of benzene rings is 2. The lowest BCUT2D eigenvalue weighted by Crippen LogP contribution is -2.31. The fourth-order valence-electron chi connectivity index (χ4n) is 3.67. The van der Waals surface area contributed by atoms with E-state index in [9.17, 15) is 13.2 Å².